The van der Waals surface area contributed by atoms with Crippen LogP contribution in [0.5, 0.6) is 0 Å². The third-order valence-electron chi connectivity index (χ3n) is 2.08. The van der Waals surface area contributed by atoms with Crippen LogP contribution in [0.1, 0.15) is 13.8 Å². The van der Waals surface area contributed by atoms with Crippen molar-refractivity contribution in [3.05, 3.63) is 29.8 Å². The molecule has 2 rings (SSSR count). The first-order valence-electron chi connectivity index (χ1n) is 4.90. The second-order valence-electron chi connectivity index (χ2n) is 4.30. The van der Waals surface area contributed by atoms with Gasteiger partial charge in [-0.25, -0.2) is 8.78 Å². The molecule has 1 aliphatic rings. The molecule has 86 valence electrons. The molecule has 0 unspecified atom stereocenters. The van der Waals surface area contributed by atoms with Crippen molar-refractivity contribution in [3.8, 4) is 0 Å². The largest absolute Gasteiger partial charge is 0.335 e. The summed E-state index contributed by atoms with van der Waals surface area (Å²) in [7, 11) is 0. The van der Waals surface area contributed by atoms with Crippen LogP contribution in [0.2, 0.25) is 0 Å². The standard InChI is InChI=1S/C11H12F2N2S/c1-11(2)6-16-10(15-11)14-9-4-7(12)3-8(13)5-9/h3-5H,6H2,1-2H3,(H,14,15). The number of hydrogen-bond acceptors (Lipinski definition) is 3. The van der Waals surface area contributed by atoms with Crippen molar-refractivity contribution in [2.75, 3.05) is 11.1 Å². The van der Waals surface area contributed by atoms with E-state index in [1.165, 1.54) is 12.1 Å². The lowest BCUT2D eigenvalue weighted by Gasteiger charge is -2.09. The van der Waals surface area contributed by atoms with Gasteiger partial charge in [-0.1, -0.05) is 11.8 Å². The van der Waals surface area contributed by atoms with Gasteiger partial charge < -0.3 is 5.32 Å². The Morgan fingerprint density at radius 1 is 1.25 bits per heavy atom. The maximum absolute atomic E-state index is 12.9. The zero-order valence-corrected chi connectivity index (χ0v) is 9.87. The highest BCUT2D eigenvalue weighted by molar-refractivity contribution is 8.14. The number of anilines is 1. The topological polar surface area (TPSA) is 24.4 Å². The predicted octanol–water partition coefficient (Wildman–Crippen LogP) is 3.26. The summed E-state index contributed by atoms with van der Waals surface area (Å²) in [6.45, 7) is 4.03. The smallest absolute Gasteiger partial charge is 0.161 e. The Balaban J connectivity index is 2.16. The normalized spacial score (nSPS) is 18.4. The number of nitrogens with zero attached hydrogens (tertiary/aromatic N) is 1. The fraction of sp³-hybridized carbons (Fsp3) is 0.364. The van der Waals surface area contributed by atoms with E-state index in [0.29, 0.717) is 10.9 Å². The summed E-state index contributed by atoms with van der Waals surface area (Å²) in [5.41, 5.74) is 0.278. The molecule has 16 heavy (non-hydrogen) atoms. The summed E-state index contributed by atoms with van der Waals surface area (Å²) in [4.78, 5) is 4.40. The molecule has 0 spiro atoms. The quantitative estimate of drug-likeness (QED) is 0.817. The Morgan fingerprint density at radius 3 is 2.38 bits per heavy atom. The van der Waals surface area contributed by atoms with Gasteiger partial charge in [0.05, 0.1) is 5.54 Å². The molecule has 1 N–H and O–H groups in total. The van der Waals surface area contributed by atoms with Gasteiger partial charge in [0.2, 0.25) is 0 Å². The Kier molecular flexibility index (Phi) is 2.88. The molecule has 0 saturated heterocycles. The molecule has 0 aromatic heterocycles. The van der Waals surface area contributed by atoms with E-state index < -0.39 is 11.6 Å². The fourth-order valence-corrected chi connectivity index (χ4v) is 2.45. The van der Waals surface area contributed by atoms with E-state index in [1.54, 1.807) is 11.8 Å². The van der Waals surface area contributed by atoms with E-state index in [0.717, 1.165) is 11.8 Å². The summed E-state index contributed by atoms with van der Waals surface area (Å²) < 4.78 is 25.9. The Bertz CT molecular complexity index is 423. The van der Waals surface area contributed by atoms with Gasteiger partial charge in [-0.05, 0) is 26.0 Å². The maximum atomic E-state index is 12.9. The zero-order chi connectivity index (χ0) is 11.8. The molecule has 0 atom stereocenters. The number of amidine groups is 1. The molecule has 2 nitrogen and oxygen atoms in total. The zero-order valence-electron chi connectivity index (χ0n) is 9.05. The van der Waals surface area contributed by atoms with Crippen molar-refractivity contribution < 1.29 is 8.78 Å². The van der Waals surface area contributed by atoms with E-state index in [1.807, 2.05) is 13.8 Å². The van der Waals surface area contributed by atoms with Crippen molar-refractivity contribution >= 4 is 22.6 Å². The van der Waals surface area contributed by atoms with E-state index in [9.17, 15) is 8.78 Å². The average molecular weight is 242 g/mol. The van der Waals surface area contributed by atoms with E-state index in [-0.39, 0.29) is 5.54 Å². The molecule has 0 saturated carbocycles. The summed E-state index contributed by atoms with van der Waals surface area (Å²) >= 11 is 1.55. The van der Waals surface area contributed by atoms with Crippen LogP contribution in [-0.2, 0) is 0 Å². The molecule has 0 radical (unpaired) electrons. The van der Waals surface area contributed by atoms with Gasteiger partial charge in [-0.3, -0.25) is 4.99 Å². The minimum atomic E-state index is -0.592. The number of benzene rings is 1. The van der Waals surface area contributed by atoms with Crippen LogP contribution < -0.4 is 5.32 Å². The third kappa shape index (κ3) is 2.72. The Labute approximate surface area is 97.1 Å². The number of nitrogens with one attached hydrogen (secondary N) is 1. The van der Waals surface area contributed by atoms with Crippen LogP contribution in [0, 0.1) is 11.6 Å². The van der Waals surface area contributed by atoms with Crippen LogP contribution >= 0.6 is 11.8 Å². The fourth-order valence-electron chi connectivity index (χ4n) is 1.40. The number of rotatable bonds is 1. The van der Waals surface area contributed by atoms with E-state index in [4.69, 9.17) is 0 Å². The molecular weight excluding hydrogens is 230 g/mol. The van der Waals surface area contributed by atoms with E-state index >= 15 is 0 Å². The second-order valence-corrected chi connectivity index (χ2v) is 5.27. The van der Waals surface area contributed by atoms with Crippen molar-refractivity contribution in [1.82, 2.24) is 0 Å². The minimum absolute atomic E-state index is 0.112. The van der Waals surface area contributed by atoms with Crippen molar-refractivity contribution in [2.24, 2.45) is 4.99 Å². The molecule has 1 aromatic rings. The van der Waals surface area contributed by atoms with Gasteiger partial charge in [0.25, 0.3) is 0 Å². The van der Waals surface area contributed by atoms with Gasteiger partial charge in [0.15, 0.2) is 5.17 Å². The lowest BCUT2D eigenvalue weighted by atomic mass is 10.1. The predicted molar refractivity (Wildman–Crippen MR) is 64.0 cm³/mol. The monoisotopic (exact) mass is 242 g/mol. The van der Waals surface area contributed by atoms with Crippen molar-refractivity contribution in [2.45, 2.75) is 19.4 Å². The van der Waals surface area contributed by atoms with Crippen molar-refractivity contribution in [1.29, 1.82) is 0 Å². The van der Waals surface area contributed by atoms with Crippen LogP contribution in [-0.4, -0.2) is 16.5 Å². The third-order valence-corrected chi connectivity index (χ3v) is 3.40. The average Bonchev–Trinajstić information content (AvgIpc) is 2.43. The van der Waals surface area contributed by atoms with Gasteiger partial charge in [-0.15, -0.1) is 0 Å². The Hall–Kier alpha value is -1.10. The van der Waals surface area contributed by atoms with Gasteiger partial charge in [0, 0.05) is 17.5 Å². The molecule has 1 heterocycles. The maximum Gasteiger partial charge on any atom is 0.161 e. The molecule has 5 heteroatoms. The highest BCUT2D eigenvalue weighted by atomic mass is 32.2. The van der Waals surface area contributed by atoms with Gasteiger partial charge >= 0.3 is 0 Å². The molecule has 0 amide bonds. The van der Waals surface area contributed by atoms with Crippen LogP contribution in [0.4, 0.5) is 14.5 Å². The van der Waals surface area contributed by atoms with Crippen LogP contribution in [0.25, 0.3) is 0 Å². The summed E-state index contributed by atoms with van der Waals surface area (Å²) in [6.07, 6.45) is 0. The van der Waals surface area contributed by atoms with Crippen LogP contribution in [0.3, 0.4) is 0 Å². The molecule has 0 aliphatic carbocycles. The number of hydrogen-bond donors (Lipinski definition) is 1. The number of thioether (sulfide) groups is 1. The lowest BCUT2D eigenvalue weighted by Crippen LogP contribution is -2.15. The first-order valence-corrected chi connectivity index (χ1v) is 5.89. The highest BCUT2D eigenvalue weighted by Crippen LogP contribution is 2.27. The number of halogens is 2. The Morgan fingerprint density at radius 2 is 1.88 bits per heavy atom. The van der Waals surface area contributed by atoms with Crippen LogP contribution in [0.15, 0.2) is 23.2 Å². The molecule has 0 bridgehead atoms. The van der Waals surface area contributed by atoms with E-state index in [2.05, 4.69) is 10.3 Å². The molecule has 1 aromatic carbocycles. The summed E-state index contributed by atoms with van der Waals surface area (Å²) in [6, 6.07) is 3.34. The SMILES string of the molecule is CC1(C)CSC(Nc2cc(F)cc(F)c2)=N1. The summed E-state index contributed by atoms with van der Waals surface area (Å²) in [5.74, 6) is -0.316. The first-order chi connectivity index (χ1) is 7.44. The van der Waals surface area contributed by atoms with Gasteiger partial charge in [0.1, 0.15) is 11.6 Å². The first kappa shape index (κ1) is 11.4. The molecule has 1 aliphatic heterocycles. The minimum Gasteiger partial charge on any atom is -0.335 e. The lowest BCUT2D eigenvalue weighted by molar-refractivity contribution is 0.584. The summed E-state index contributed by atoms with van der Waals surface area (Å²) in [5, 5.41) is 3.61. The second kappa shape index (κ2) is 4.05. The molecular formula is C11H12F2N2S. The van der Waals surface area contributed by atoms with Gasteiger partial charge in [-0.2, -0.15) is 0 Å². The highest BCUT2D eigenvalue weighted by Gasteiger charge is 2.25. The van der Waals surface area contributed by atoms with Crippen molar-refractivity contribution in [3.63, 3.8) is 0 Å². The molecule has 0 fully saturated rings. The number of aliphatic imine (C=N–C) groups is 1.